The van der Waals surface area contributed by atoms with Crippen LogP contribution in [0.5, 0.6) is 5.75 Å². The highest BCUT2D eigenvalue weighted by Crippen LogP contribution is 2.14. The Morgan fingerprint density at radius 2 is 1.92 bits per heavy atom. The molecule has 1 amide bonds. The molecule has 6 heteroatoms. The maximum Gasteiger partial charge on any atom is 0.270 e. The van der Waals surface area contributed by atoms with Gasteiger partial charge in [-0.05, 0) is 38.1 Å². The average molecular weight is 355 g/mol. The van der Waals surface area contributed by atoms with Gasteiger partial charge >= 0.3 is 0 Å². The summed E-state index contributed by atoms with van der Waals surface area (Å²) < 4.78 is 5.65. The van der Waals surface area contributed by atoms with E-state index in [0.717, 1.165) is 31.7 Å². The summed E-state index contributed by atoms with van der Waals surface area (Å²) in [5.74, 6) is 0.790. The summed E-state index contributed by atoms with van der Waals surface area (Å²) >= 11 is 0. The van der Waals surface area contributed by atoms with Gasteiger partial charge in [0, 0.05) is 31.4 Å². The molecule has 2 heterocycles. The Morgan fingerprint density at radius 3 is 2.65 bits per heavy atom. The minimum absolute atomic E-state index is 0.0102. The molecule has 26 heavy (non-hydrogen) atoms. The lowest BCUT2D eigenvalue weighted by atomic mass is 10.2. The van der Waals surface area contributed by atoms with Crippen molar-refractivity contribution in [3.8, 4) is 5.75 Å². The van der Waals surface area contributed by atoms with E-state index in [9.17, 15) is 9.59 Å². The molecule has 0 aliphatic carbocycles. The third-order valence-corrected chi connectivity index (χ3v) is 4.53. The number of benzene rings is 1. The van der Waals surface area contributed by atoms with Gasteiger partial charge in [-0.1, -0.05) is 18.2 Å². The number of rotatable bonds is 8. The molecule has 0 bridgehead atoms. The normalized spacial score (nSPS) is 14.0. The van der Waals surface area contributed by atoms with Gasteiger partial charge in [0.2, 0.25) is 0 Å². The van der Waals surface area contributed by atoms with Crippen LogP contribution in [0.25, 0.3) is 0 Å². The van der Waals surface area contributed by atoms with Crippen LogP contribution < -0.4 is 4.74 Å². The summed E-state index contributed by atoms with van der Waals surface area (Å²) in [6.45, 7) is 3.04. The fourth-order valence-electron chi connectivity index (χ4n) is 3.02. The number of ether oxygens (including phenoxy) is 1. The molecule has 1 aromatic heterocycles. The fraction of sp³-hybridized carbons (Fsp3) is 0.400. The Bertz CT molecular complexity index is 736. The van der Waals surface area contributed by atoms with Crippen LogP contribution in [0.4, 0.5) is 0 Å². The van der Waals surface area contributed by atoms with E-state index in [0.29, 0.717) is 24.4 Å². The number of aromatic nitrogens is 1. The smallest absolute Gasteiger partial charge is 0.270 e. The SMILES string of the molecule is CN(CCOc1ccccc1)CC(=O)c1c[nH]c(C(=O)N2CCCC2)c1. The van der Waals surface area contributed by atoms with E-state index in [-0.39, 0.29) is 18.2 Å². The molecule has 1 aliphatic rings. The molecule has 0 saturated carbocycles. The Hall–Kier alpha value is -2.60. The van der Waals surface area contributed by atoms with E-state index < -0.39 is 0 Å². The Morgan fingerprint density at radius 1 is 1.19 bits per heavy atom. The molecule has 0 atom stereocenters. The van der Waals surface area contributed by atoms with Gasteiger partial charge in [-0.3, -0.25) is 14.5 Å². The second-order valence-corrected chi connectivity index (χ2v) is 6.62. The first kappa shape index (κ1) is 18.2. The van der Waals surface area contributed by atoms with Crippen LogP contribution in [0, 0.1) is 0 Å². The van der Waals surface area contributed by atoms with Gasteiger partial charge in [-0.25, -0.2) is 0 Å². The molecule has 3 rings (SSSR count). The molecule has 2 aromatic rings. The van der Waals surface area contributed by atoms with E-state index in [1.165, 1.54) is 0 Å². The number of ketones is 1. The molecule has 1 aromatic carbocycles. The maximum atomic E-state index is 12.4. The van der Waals surface area contributed by atoms with Gasteiger partial charge in [-0.2, -0.15) is 0 Å². The second-order valence-electron chi connectivity index (χ2n) is 6.62. The van der Waals surface area contributed by atoms with Crippen molar-refractivity contribution in [2.75, 3.05) is 39.8 Å². The molecule has 1 N–H and O–H groups in total. The van der Waals surface area contributed by atoms with Crippen molar-refractivity contribution >= 4 is 11.7 Å². The molecule has 1 fully saturated rings. The van der Waals surface area contributed by atoms with Gasteiger partial charge in [0.15, 0.2) is 5.78 Å². The first-order valence-corrected chi connectivity index (χ1v) is 9.01. The Balaban J connectivity index is 1.46. The van der Waals surface area contributed by atoms with Crippen LogP contribution in [0.15, 0.2) is 42.6 Å². The van der Waals surface area contributed by atoms with Crippen molar-refractivity contribution in [3.05, 3.63) is 53.9 Å². The Kier molecular flexibility index (Phi) is 6.07. The largest absolute Gasteiger partial charge is 0.492 e. The minimum atomic E-state index is -0.0221. The van der Waals surface area contributed by atoms with E-state index >= 15 is 0 Å². The lowest BCUT2D eigenvalue weighted by molar-refractivity contribution is 0.0787. The third kappa shape index (κ3) is 4.73. The lowest BCUT2D eigenvalue weighted by Gasteiger charge is -2.15. The van der Waals surface area contributed by atoms with Crippen molar-refractivity contribution in [1.82, 2.24) is 14.8 Å². The molecule has 0 unspecified atom stereocenters. The summed E-state index contributed by atoms with van der Waals surface area (Å²) in [4.78, 5) is 31.4. The standard InChI is InChI=1S/C20H25N3O3/c1-22(11-12-26-17-7-3-2-4-8-17)15-19(24)16-13-18(21-14-16)20(25)23-9-5-6-10-23/h2-4,7-8,13-14,21H,5-6,9-12,15H2,1H3. The van der Waals surface area contributed by atoms with E-state index in [1.807, 2.05) is 47.2 Å². The number of likely N-dealkylation sites (N-methyl/N-ethyl adjacent to an activating group) is 1. The number of aromatic amines is 1. The number of likely N-dealkylation sites (tertiary alicyclic amines) is 1. The molecule has 1 saturated heterocycles. The van der Waals surface area contributed by atoms with Gasteiger partial charge in [-0.15, -0.1) is 0 Å². The number of para-hydroxylation sites is 1. The zero-order valence-corrected chi connectivity index (χ0v) is 15.1. The van der Waals surface area contributed by atoms with Gasteiger partial charge in [0.25, 0.3) is 5.91 Å². The van der Waals surface area contributed by atoms with Crippen molar-refractivity contribution in [2.24, 2.45) is 0 Å². The number of nitrogens with one attached hydrogen (secondary N) is 1. The van der Waals surface area contributed by atoms with Crippen molar-refractivity contribution in [1.29, 1.82) is 0 Å². The fourth-order valence-corrected chi connectivity index (χ4v) is 3.02. The van der Waals surface area contributed by atoms with E-state index in [2.05, 4.69) is 4.98 Å². The first-order chi connectivity index (χ1) is 12.6. The molecule has 6 nitrogen and oxygen atoms in total. The predicted molar refractivity (Wildman–Crippen MR) is 99.7 cm³/mol. The van der Waals surface area contributed by atoms with E-state index in [4.69, 9.17) is 4.74 Å². The number of amides is 1. The van der Waals surface area contributed by atoms with Gasteiger partial charge < -0.3 is 14.6 Å². The monoisotopic (exact) mass is 355 g/mol. The zero-order chi connectivity index (χ0) is 18.4. The summed E-state index contributed by atoms with van der Waals surface area (Å²) in [6.07, 6.45) is 3.72. The highest BCUT2D eigenvalue weighted by Gasteiger charge is 2.22. The number of carbonyl (C=O) groups excluding carboxylic acids is 2. The second kappa shape index (κ2) is 8.67. The molecule has 1 aliphatic heterocycles. The molecular formula is C20H25N3O3. The number of hydrogen-bond acceptors (Lipinski definition) is 4. The third-order valence-electron chi connectivity index (χ3n) is 4.53. The average Bonchev–Trinajstić information content (AvgIpc) is 3.34. The van der Waals surface area contributed by atoms with E-state index in [1.54, 1.807) is 12.3 Å². The minimum Gasteiger partial charge on any atom is -0.492 e. The number of H-pyrrole nitrogens is 1. The predicted octanol–water partition coefficient (Wildman–Crippen LogP) is 2.44. The number of hydrogen-bond donors (Lipinski definition) is 1. The molecule has 0 radical (unpaired) electrons. The van der Waals surface area contributed by atoms with Crippen LogP contribution in [0.1, 0.15) is 33.7 Å². The van der Waals surface area contributed by atoms with Crippen molar-refractivity contribution < 1.29 is 14.3 Å². The maximum absolute atomic E-state index is 12.4. The van der Waals surface area contributed by atoms with Crippen LogP contribution in [-0.4, -0.2) is 66.3 Å². The zero-order valence-electron chi connectivity index (χ0n) is 15.1. The van der Waals surface area contributed by atoms with Crippen LogP contribution >= 0.6 is 0 Å². The first-order valence-electron chi connectivity index (χ1n) is 9.01. The number of nitrogens with zero attached hydrogens (tertiary/aromatic N) is 2. The highest BCUT2D eigenvalue weighted by atomic mass is 16.5. The van der Waals surface area contributed by atoms with Crippen LogP contribution in [-0.2, 0) is 0 Å². The molecule has 138 valence electrons. The summed E-state index contributed by atoms with van der Waals surface area (Å²) in [5.41, 5.74) is 1.04. The summed E-state index contributed by atoms with van der Waals surface area (Å²) in [6, 6.07) is 11.3. The number of Topliss-reactive ketones (excluding diaryl/α,β-unsaturated/α-hetero) is 1. The van der Waals surface area contributed by atoms with Gasteiger partial charge in [0.05, 0.1) is 6.54 Å². The lowest BCUT2D eigenvalue weighted by Crippen LogP contribution is -2.30. The quantitative estimate of drug-likeness (QED) is 0.739. The summed E-state index contributed by atoms with van der Waals surface area (Å²) in [5, 5.41) is 0. The highest BCUT2D eigenvalue weighted by molar-refractivity contribution is 6.01. The van der Waals surface area contributed by atoms with Crippen molar-refractivity contribution in [2.45, 2.75) is 12.8 Å². The van der Waals surface area contributed by atoms with Gasteiger partial charge in [0.1, 0.15) is 18.1 Å². The van der Waals surface area contributed by atoms with Crippen LogP contribution in [0.3, 0.4) is 0 Å². The Labute approximate surface area is 153 Å². The molecule has 0 spiro atoms. The van der Waals surface area contributed by atoms with Crippen molar-refractivity contribution in [3.63, 3.8) is 0 Å². The molecular weight excluding hydrogens is 330 g/mol. The van der Waals surface area contributed by atoms with Crippen LogP contribution in [0.2, 0.25) is 0 Å². The number of carbonyl (C=O) groups is 2. The summed E-state index contributed by atoms with van der Waals surface area (Å²) in [7, 11) is 1.88. The topological polar surface area (TPSA) is 65.6 Å².